The zero-order valence-corrected chi connectivity index (χ0v) is 18.3. The second kappa shape index (κ2) is 8.19. The first kappa shape index (κ1) is 19.8. The molecule has 2 aromatic heterocycles. The number of para-hydroxylation sites is 1. The van der Waals surface area contributed by atoms with Crippen LogP contribution in [-0.2, 0) is 13.7 Å². The lowest BCUT2D eigenvalue weighted by Crippen LogP contribution is -2.35. The molecule has 1 amide bonds. The van der Waals surface area contributed by atoms with E-state index in [0.717, 1.165) is 53.5 Å². The molecule has 0 atom stereocenters. The fourth-order valence-electron chi connectivity index (χ4n) is 4.28. The Kier molecular flexibility index (Phi) is 5.24. The lowest BCUT2D eigenvalue weighted by molar-refractivity contribution is 0.0725. The number of likely N-dealkylation sites (tertiary alicyclic amines) is 1. The fourth-order valence-corrected chi connectivity index (χ4v) is 5.52. The Hall–Kier alpha value is -3.12. The van der Waals surface area contributed by atoms with Crippen molar-refractivity contribution in [2.24, 2.45) is 7.05 Å². The zero-order chi connectivity index (χ0) is 21.4. The molecule has 2 aromatic carbocycles. The number of nitrogens with zero attached hydrogens (tertiary/aromatic N) is 2. The van der Waals surface area contributed by atoms with Crippen molar-refractivity contribution < 1.29 is 9.53 Å². The van der Waals surface area contributed by atoms with E-state index >= 15 is 0 Å². The first-order valence-corrected chi connectivity index (χ1v) is 11.5. The van der Waals surface area contributed by atoms with Gasteiger partial charge in [0.2, 0.25) is 0 Å². The number of pyridine rings is 1. The molecule has 3 heterocycles. The predicted octanol–water partition coefficient (Wildman–Crippen LogP) is 4.96. The van der Waals surface area contributed by atoms with E-state index in [1.165, 1.54) is 11.3 Å². The summed E-state index contributed by atoms with van der Waals surface area (Å²) in [4.78, 5) is 29.3. The van der Waals surface area contributed by atoms with Gasteiger partial charge in [-0.1, -0.05) is 48.5 Å². The molecule has 0 aliphatic carbocycles. The molecule has 0 spiro atoms. The number of thiophene rings is 1. The number of benzene rings is 2. The number of carbonyl (C=O) groups is 1. The molecule has 0 bridgehead atoms. The first-order valence-electron chi connectivity index (χ1n) is 10.7. The molecule has 1 aliphatic rings. The zero-order valence-electron chi connectivity index (χ0n) is 17.5. The molecule has 5 nitrogen and oxygen atoms in total. The number of amides is 1. The van der Waals surface area contributed by atoms with Crippen LogP contribution in [0.4, 0.5) is 0 Å². The van der Waals surface area contributed by atoms with Crippen LogP contribution in [0.1, 0.15) is 34.5 Å². The molecule has 1 aliphatic heterocycles. The molecular weight excluding hydrogens is 408 g/mol. The molecule has 0 N–H and O–H groups in total. The van der Waals surface area contributed by atoms with Gasteiger partial charge < -0.3 is 14.2 Å². The summed E-state index contributed by atoms with van der Waals surface area (Å²) in [7, 11) is 1.77. The van der Waals surface area contributed by atoms with E-state index in [-0.39, 0.29) is 11.5 Å². The molecule has 4 aromatic rings. The van der Waals surface area contributed by atoms with Crippen molar-refractivity contribution in [2.45, 2.75) is 25.9 Å². The van der Waals surface area contributed by atoms with Crippen LogP contribution >= 0.6 is 11.3 Å². The van der Waals surface area contributed by atoms with Gasteiger partial charge in [0.15, 0.2) is 5.75 Å². The number of fused-ring (bicyclic) bond motifs is 3. The van der Waals surface area contributed by atoms with Crippen LogP contribution in [0.2, 0.25) is 0 Å². The van der Waals surface area contributed by atoms with Crippen LogP contribution in [0.5, 0.6) is 5.75 Å². The van der Waals surface area contributed by atoms with Gasteiger partial charge in [-0.25, -0.2) is 0 Å². The van der Waals surface area contributed by atoms with Crippen molar-refractivity contribution in [3.05, 3.63) is 75.4 Å². The van der Waals surface area contributed by atoms with Gasteiger partial charge in [-0.05, 0) is 30.9 Å². The largest absolute Gasteiger partial charge is 0.486 e. The molecule has 0 saturated carbocycles. The first-order chi connectivity index (χ1) is 15.1. The van der Waals surface area contributed by atoms with Gasteiger partial charge in [0.1, 0.15) is 16.9 Å². The van der Waals surface area contributed by atoms with Crippen molar-refractivity contribution in [1.82, 2.24) is 9.47 Å². The number of ether oxygens (including phenoxy) is 1. The smallest absolute Gasteiger partial charge is 0.267 e. The van der Waals surface area contributed by atoms with Crippen molar-refractivity contribution in [2.75, 3.05) is 13.1 Å². The van der Waals surface area contributed by atoms with Crippen molar-refractivity contribution in [3.8, 4) is 5.75 Å². The van der Waals surface area contributed by atoms with E-state index in [4.69, 9.17) is 4.74 Å². The molecule has 158 valence electrons. The van der Waals surface area contributed by atoms with Crippen LogP contribution in [0.25, 0.3) is 21.0 Å². The maximum absolute atomic E-state index is 13.5. The Morgan fingerprint density at radius 2 is 1.71 bits per heavy atom. The van der Waals surface area contributed by atoms with Gasteiger partial charge in [-0.15, -0.1) is 11.3 Å². The highest BCUT2D eigenvalue weighted by atomic mass is 32.1. The Morgan fingerprint density at radius 3 is 2.48 bits per heavy atom. The van der Waals surface area contributed by atoms with Crippen molar-refractivity contribution in [3.63, 3.8) is 0 Å². The minimum absolute atomic E-state index is 0.0323. The number of aryl methyl sites for hydroxylation is 1. The summed E-state index contributed by atoms with van der Waals surface area (Å²) >= 11 is 1.38. The molecule has 31 heavy (non-hydrogen) atoms. The third-order valence-corrected chi connectivity index (χ3v) is 7.15. The maximum atomic E-state index is 13.5. The highest BCUT2D eigenvalue weighted by Gasteiger charge is 2.28. The van der Waals surface area contributed by atoms with E-state index in [1.807, 2.05) is 59.5 Å². The van der Waals surface area contributed by atoms with E-state index in [0.29, 0.717) is 22.6 Å². The second-order valence-corrected chi connectivity index (χ2v) is 8.99. The third kappa shape index (κ3) is 3.51. The molecule has 0 radical (unpaired) electrons. The summed E-state index contributed by atoms with van der Waals surface area (Å²) in [6.45, 7) is 1.82. The van der Waals surface area contributed by atoms with E-state index in [1.54, 1.807) is 11.6 Å². The van der Waals surface area contributed by atoms with Gasteiger partial charge in [-0.2, -0.15) is 0 Å². The van der Waals surface area contributed by atoms with E-state index < -0.39 is 0 Å². The predicted molar refractivity (Wildman–Crippen MR) is 125 cm³/mol. The summed E-state index contributed by atoms with van der Waals surface area (Å²) in [6.07, 6.45) is 3.18. The molecule has 1 fully saturated rings. The Morgan fingerprint density at radius 1 is 1.00 bits per heavy atom. The quantitative estimate of drug-likeness (QED) is 0.458. The molecule has 1 saturated heterocycles. The van der Waals surface area contributed by atoms with Crippen LogP contribution in [0, 0.1) is 0 Å². The van der Waals surface area contributed by atoms with Gasteiger partial charge in [0.25, 0.3) is 11.5 Å². The topological polar surface area (TPSA) is 51.5 Å². The Bertz CT molecular complexity index is 1320. The number of rotatable bonds is 4. The van der Waals surface area contributed by atoms with Gasteiger partial charge in [0, 0.05) is 25.5 Å². The highest BCUT2D eigenvalue weighted by molar-refractivity contribution is 7.22. The number of carbonyl (C=O) groups excluding carboxylic acids is 1. The number of aromatic nitrogens is 1. The SMILES string of the molecule is Cn1c(=O)c2c(OCc3ccccc3)c(C(=O)N3CCCCC3)sc2c2ccccc21. The second-order valence-electron chi connectivity index (χ2n) is 7.97. The normalized spacial score (nSPS) is 14.3. The Balaban J connectivity index is 1.70. The third-order valence-electron chi connectivity index (χ3n) is 5.96. The van der Waals surface area contributed by atoms with Crippen LogP contribution in [0.15, 0.2) is 59.4 Å². The monoisotopic (exact) mass is 432 g/mol. The number of hydrogen-bond donors (Lipinski definition) is 0. The molecule has 0 unspecified atom stereocenters. The standard InChI is InChI=1S/C25H24N2O3S/c1-26-19-13-7-6-12-18(19)22-20(24(26)28)21(30-16-17-10-4-2-5-11-17)23(31-22)25(29)27-14-8-3-9-15-27/h2,4-7,10-13H,3,8-9,14-16H2,1H3. The molecule has 5 rings (SSSR count). The highest BCUT2D eigenvalue weighted by Crippen LogP contribution is 2.40. The van der Waals surface area contributed by atoms with E-state index in [9.17, 15) is 9.59 Å². The van der Waals surface area contributed by atoms with E-state index in [2.05, 4.69) is 0 Å². The average molecular weight is 433 g/mol. The summed E-state index contributed by atoms with van der Waals surface area (Å²) in [5, 5.41) is 1.47. The molecular formula is C25H24N2O3S. The van der Waals surface area contributed by atoms with Gasteiger partial charge in [0.05, 0.1) is 10.2 Å². The van der Waals surface area contributed by atoms with Crippen LogP contribution < -0.4 is 10.3 Å². The van der Waals surface area contributed by atoms with Gasteiger partial charge in [-0.3, -0.25) is 9.59 Å². The molecule has 6 heteroatoms. The van der Waals surface area contributed by atoms with Crippen LogP contribution in [0.3, 0.4) is 0 Å². The fraction of sp³-hybridized carbons (Fsp3) is 0.280. The lowest BCUT2D eigenvalue weighted by Gasteiger charge is -2.26. The Labute approximate surface area is 184 Å². The number of hydrogen-bond acceptors (Lipinski definition) is 4. The average Bonchev–Trinajstić information content (AvgIpc) is 3.22. The number of piperidine rings is 1. The van der Waals surface area contributed by atoms with Crippen LogP contribution in [-0.4, -0.2) is 28.5 Å². The minimum atomic E-state index is -0.134. The van der Waals surface area contributed by atoms with Gasteiger partial charge >= 0.3 is 0 Å². The summed E-state index contributed by atoms with van der Waals surface area (Å²) in [6, 6.07) is 17.7. The lowest BCUT2D eigenvalue weighted by atomic mass is 10.1. The van der Waals surface area contributed by atoms with Crippen molar-refractivity contribution >= 4 is 38.2 Å². The minimum Gasteiger partial charge on any atom is -0.486 e. The maximum Gasteiger partial charge on any atom is 0.267 e. The van der Waals surface area contributed by atoms with Crippen molar-refractivity contribution in [1.29, 1.82) is 0 Å². The summed E-state index contributed by atoms with van der Waals surface area (Å²) in [5.41, 5.74) is 1.72. The summed E-state index contributed by atoms with van der Waals surface area (Å²) in [5.74, 6) is 0.390. The summed E-state index contributed by atoms with van der Waals surface area (Å²) < 4.78 is 8.69.